The predicted molar refractivity (Wildman–Crippen MR) is 106 cm³/mol. The van der Waals surface area contributed by atoms with E-state index in [1.165, 1.54) is 17.1 Å². The summed E-state index contributed by atoms with van der Waals surface area (Å²) in [5.41, 5.74) is -1.24. The number of rotatable bonds is 3. The van der Waals surface area contributed by atoms with E-state index in [0.29, 0.717) is 12.8 Å². The molecule has 0 bridgehead atoms. The quantitative estimate of drug-likeness (QED) is 0.707. The molecule has 1 N–H and O–H groups in total. The molecule has 2 aromatic rings. The van der Waals surface area contributed by atoms with E-state index < -0.39 is 33.9 Å². The summed E-state index contributed by atoms with van der Waals surface area (Å²) >= 11 is 0. The summed E-state index contributed by atoms with van der Waals surface area (Å²) in [6, 6.07) is 2.13. The van der Waals surface area contributed by atoms with Crippen LogP contribution in [0.5, 0.6) is 0 Å². The average Bonchev–Trinajstić information content (AvgIpc) is 3.34. The number of halogens is 3. The zero-order chi connectivity index (χ0) is 23.7. The highest BCUT2D eigenvalue weighted by Gasteiger charge is 2.55. The lowest BCUT2D eigenvalue weighted by molar-refractivity contribution is -0.789. The third-order valence-corrected chi connectivity index (χ3v) is 5.40. The van der Waals surface area contributed by atoms with Gasteiger partial charge in [-0.15, -0.1) is 9.58 Å². The lowest BCUT2D eigenvalue weighted by Crippen LogP contribution is -2.63. The minimum absolute atomic E-state index is 0.148. The van der Waals surface area contributed by atoms with Gasteiger partial charge in [0.2, 0.25) is 0 Å². The topological polar surface area (TPSA) is 99.0 Å². The Balaban J connectivity index is 1.90. The predicted octanol–water partition coefficient (Wildman–Crippen LogP) is 3.82. The van der Waals surface area contributed by atoms with Crippen LogP contribution in [0.2, 0.25) is 0 Å². The molecule has 1 aliphatic rings. The molecule has 0 aliphatic carbocycles. The highest BCUT2D eigenvalue weighted by atomic mass is 19.4. The molecule has 0 saturated carbocycles. The number of aromatic nitrogens is 4. The van der Waals surface area contributed by atoms with Gasteiger partial charge in [0.25, 0.3) is 0 Å². The van der Waals surface area contributed by atoms with Crippen molar-refractivity contribution >= 4 is 12.1 Å². The van der Waals surface area contributed by atoms with Crippen LogP contribution in [0.1, 0.15) is 51.7 Å². The third-order valence-electron chi connectivity index (χ3n) is 5.40. The molecule has 1 fully saturated rings. The van der Waals surface area contributed by atoms with E-state index in [2.05, 4.69) is 20.8 Å². The Morgan fingerprint density at radius 3 is 2.53 bits per heavy atom. The largest absolute Gasteiger partial charge is 0.525 e. The molecular formula is C20H26F3N6O3+. The Kier molecular flexibility index (Phi) is 6.27. The van der Waals surface area contributed by atoms with Crippen LogP contribution >= 0.6 is 0 Å². The summed E-state index contributed by atoms with van der Waals surface area (Å²) in [4.78, 5) is 26.2. The normalized spacial score (nSPS) is 21.4. The van der Waals surface area contributed by atoms with Gasteiger partial charge in [-0.25, -0.2) is 9.48 Å². The van der Waals surface area contributed by atoms with Crippen LogP contribution in [0.15, 0.2) is 24.5 Å². The molecule has 32 heavy (non-hydrogen) atoms. The van der Waals surface area contributed by atoms with Crippen molar-refractivity contribution in [3.8, 4) is 5.69 Å². The van der Waals surface area contributed by atoms with Crippen LogP contribution in [0.25, 0.3) is 5.69 Å². The fourth-order valence-electron chi connectivity index (χ4n) is 3.79. The van der Waals surface area contributed by atoms with Crippen LogP contribution in [0.4, 0.5) is 22.8 Å². The Bertz CT molecular complexity index is 987. The Labute approximate surface area is 183 Å². The summed E-state index contributed by atoms with van der Waals surface area (Å²) < 4.78 is 45.9. The van der Waals surface area contributed by atoms with Gasteiger partial charge in [0, 0.05) is 12.8 Å². The first-order valence-corrected chi connectivity index (χ1v) is 10.2. The van der Waals surface area contributed by atoms with Crippen molar-refractivity contribution in [1.29, 1.82) is 0 Å². The molecule has 3 amide bonds. The lowest BCUT2D eigenvalue weighted by atomic mass is 10.1. The number of benzene rings is 1. The maximum absolute atomic E-state index is 13.3. The Morgan fingerprint density at radius 2 is 2.00 bits per heavy atom. The van der Waals surface area contributed by atoms with Crippen molar-refractivity contribution in [3.63, 3.8) is 0 Å². The second-order valence-corrected chi connectivity index (χ2v) is 8.82. The summed E-state index contributed by atoms with van der Waals surface area (Å²) in [7, 11) is 0. The fourth-order valence-corrected chi connectivity index (χ4v) is 3.79. The Morgan fingerprint density at radius 1 is 1.28 bits per heavy atom. The van der Waals surface area contributed by atoms with E-state index in [1.807, 2.05) is 0 Å². The molecule has 9 nitrogen and oxygen atoms in total. The van der Waals surface area contributed by atoms with Gasteiger partial charge >= 0.3 is 18.3 Å². The summed E-state index contributed by atoms with van der Waals surface area (Å²) in [5, 5.41) is 13.4. The van der Waals surface area contributed by atoms with E-state index in [1.54, 1.807) is 27.7 Å². The highest BCUT2D eigenvalue weighted by molar-refractivity contribution is 5.80. The molecule has 0 radical (unpaired) electrons. The number of urea groups is 1. The molecule has 2 atom stereocenters. The fraction of sp³-hybridized carbons (Fsp3) is 0.550. The Hall–Kier alpha value is -3.02. The molecule has 1 unspecified atom stereocenters. The minimum atomic E-state index is -4.56. The first-order chi connectivity index (χ1) is 14.8. The van der Waals surface area contributed by atoms with Crippen molar-refractivity contribution in [2.75, 3.05) is 6.54 Å². The number of hydrogen-bond donors (Lipinski definition) is 1. The standard InChI is InChI=1S/C20H25F3N6O3/c1-13-6-5-9-29(13,18(31)32-19(2,3)4)17(30)24-11-14-10-15(20(21,22)23)7-8-16(14)28-12-25-26-27-28/h7-8,10,12-13H,5-6,9,11H2,1-4H3/p+1/t13-,29?/m1/s1. The number of amides is 3. The second-order valence-electron chi connectivity index (χ2n) is 8.82. The number of alkyl halides is 3. The van der Waals surface area contributed by atoms with Crippen LogP contribution in [-0.4, -0.2) is 55.0 Å². The number of ether oxygens (including phenoxy) is 1. The average molecular weight is 455 g/mol. The van der Waals surface area contributed by atoms with E-state index in [9.17, 15) is 22.8 Å². The minimum Gasteiger partial charge on any atom is -0.414 e. The number of imide groups is 1. The monoisotopic (exact) mass is 455 g/mol. The number of carbonyl (C=O) groups excluding carboxylic acids is 2. The zero-order valence-corrected chi connectivity index (χ0v) is 18.3. The van der Waals surface area contributed by atoms with Crippen LogP contribution in [0.3, 0.4) is 0 Å². The first-order valence-electron chi connectivity index (χ1n) is 10.2. The smallest absolute Gasteiger partial charge is 0.414 e. The van der Waals surface area contributed by atoms with Gasteiger partial charge in [-0.1, -0.05) is 0 Å². The number of nitrogens with one attached hydrogen (secondary N) is 1. The molecular weight excluding hydrogens is 429 g/mol. The van der Waals surface area contributed by atoms with Crippen LogP contribution < -0.4 is 5.32 Å². The van der Waals surface area contributed by atoms with Crippen molar-refractivity contribution in [2.45, 2.75) is 64.9 Å². The van der Waals surface area contributed by atoms with Gasteiger partial charge in [0.05, 0.1) is 24.3 Å². The number of nitrogens with zero attached hydrogens (tertiary/aromatic N) is 5. The molecule has 174 valence electrons. The number of likely N-dealkylation sites (tertiary alicyclic amines) is 1. The van der Waals surface area contributed by atoms with Gasteiger partial charge in [-0.3, -0.25) is 0 Å². The molecule has 12 heteroatoms. The molecule has 1 saturated heterocycles. The number of hydrogen-bond acceptors (Lipinski definition) is 6. The molecule has 3 rings (SSSR count). The van der Waals surface area contributed by atoms with Crippen molar-refractivity contribution in [2.24, 2.45) is 0 Å². The molecule has 0 spiro atoms. The third kappa shape index (κ3) is 4.74. The van der Waals surface area contributed by atoms with E-state index in [4.69, 9.17) is 4.74 Å². The lowest BCUT2D eigenvalue weighted by Gasteiger charge is -2.33. The van der Waals surface area contributed by atoms with Gasteiger partial charge in [-0.05, 0) is 61.9 Å². The van der Waals surface area contributed by atoms with Gasteiger partial charge in [0.1, 0.15) is 18.0 Å². The number of tetrazole rings is 1. The highest BCUT2D eigenvalue weighted by Crippen LogP contribution is 2.33. The van der Waals surface area contributed by atoms with Crippen molar-refractivity contribution < 1.29 is 32.0 Å². The first kappa shape index (κ1) is 23.6. The summed E-state index contributed by atoms with van der Waals surface area (Å²) in [6.45, 7) is 6.91. The molecule has 1 aromatic heterocycles. The number of carbonyl (C=O) groups is 2. The molecule has 2 heterocycles. The SMILES string of the molecule is C[C@@H]1CCC[N+]1(C(=O)NCc1cc(C(F)(F)F)ccc1-n1cnnn1)C(=O)OC(C)(C)C. The van der Waals surface area contributed by atoms with Gasteiger partial charge in [-0.2, -0.15) is 18.0 Å². The van der Waals surface area contributed by atoms with E-state index >= 15 is 0 Å². The maximum atomic E-state index is 13.3. The molecule has 1 aliphatic heterocycles. The van der Waals surface area contributed by atoms with E-state index in [-0.39, 0.29) is 30.4 Å². The summed E-state index contributed by atoms with van der Waals surface area (Å²) in [6.07, 6.45) is -2.71. The van der Waals surface area contributed by atoms with Gasteiger partial charge < -0.3 is 10.1 Å². The zero-order valence-electron chi connectivity index (χ0n) is 18.3. The van der Waals surface area contributed by atoms with Gasteiger partial charge in [0.15, 0.2) is 0 Å². The van der Waals surface area contributed by atoms with Crippen LogP contribution in [-0.2, 0) is 17.5 Å². The van der Waals surface area contributed by atoms with Crippen molar-refractivity contribution in [3.05, 3.63) is 35.7 Å². The van der Waals surface area contributed by atoms with Crippen molar-refractivity contribution in [1.82, 2.24) is 25.5 Å². The number of quaternary nitrogens is 1. The van der Waals surface area contributed by atoms with Crippen LogP contribution in [0, 0.1) is 0 Å². The second kappa shape index (κ2) is 8.49. The molecule has 1 aromatic carbocycles. The van der Waals surface area contributed by atoms with E-state index in [0.717, 1.165) is 12.1 Å². The summed E-state index contributed by atoms with van der Waals surface area (Å²) in [5.74, 6) is 0. The maximum Gasteiger partial charge on any atom is 0.525 e.